The lowest BCUT2D eigenvalue weighted by atomic mass is 9.89. The zero-order valence-corrected chi connectivity index (χ0v) is 18.0. The largest absolute Gasteiger partial charge is 0.498 e. The Kier molecular flexibility index (Phi) is 7.46. The van der Waals surface area contributed by atoms with Crippen LogP contribution in [-0.4, -0.2) is 44.5 Å². The lowest BCUT2D eigenvalue weighted by Gasteiger charge is -2.22. The summed E-state index contributed by atoms with van der Waals surface area (Å²) < 4.78 is 123. The summed E-state index contributed by atoms with van der Waals surface area (Å²) in [7, 11) is -13.4. The van der Waals surface area contributed by atoms with Gasteiger partial charge in [-0.15, -0.1) is 0 Å². The first-order chi connectivity index (χ1) is 14.0. The van der Waals surface area contributed by atoms with Crippen molar-refractivity contribution in [3.63, 3.8) is 0 Å². The quantitative estimate of drug-likeness (QED) is 0.271. The average molecular weight is 500 g/mol. The lowest BCUT2D eigenvalue weighted by molar-refractivity contribution is -0.148. The minimum atomic E-state index is -6.68. The van der Waals surface area contributed by atoms with Crippen LogP contribution in [0.25, 0.3) is 0 Å². The number of hydrogen-bond donors (Lipinski definition) is 0. The number of sulfone groups is 2. The standard InChI is InChI=1S/C17H22F6O6S2/c1-10(29-14(24)6-5-13-9-11-3-4-12(13)8-11)2-7-15(30(25,26)16(18,19)20)31(27,28)17(21,22)23/h3-4,10-13,15H,2,5-9H2,1H3. The fraction of sp³-hybridized carbons (Fsp3) is 0.824. The number of halogens is 6. The van der Waals surface area contributed by atoms with Crippen molar-refractivity contribution in [3.8, 4) is 0 Å². The van der Waals surface area contributed by atoms with Gasteiger partial charge in [0.2, 0.25) is 0 Å². The molecule has 0 radical (unpaired) electrons. The zero-order valence-electron chi connectivity index (χ0n) is 16.3. The molecule has 0 aromatic carbocycles. The van der Waals surface area contributed by atoms with Crippen molar-refractivity contribution >= 4 is 25.6 Å². The molecule has 0 saturated heterocycles. The van der Waals surface area contributed by atoms with Gasteiger partial charge >= 0.3 is 17.0 Å². The van der Waals surface area contributed by atoms with Crippen LogP contribution in [0.5, 0.6) is 0 Å². The van der Waals surface area contributed by atoms with E-state index in [1.54, 1.807) is 0 Å². The molecule has 4 atom stereocenters. The number of esters is 1. The van der Waals surface area contributed by atoms with Crippen molar-refractivity contribution in [1.82, 2.24) is 0 Å². The summed E-state index contributed by atoms with van der Waals surface area (Å²) in [5, 5.41) is 0. The molecule has 0 aromatic rings. The monoisotopic (exact) mass is 500 g/mol. The van der Waals surface area contributed by atoms with Gasteiger partial charge in [0.25, 0.3) is 19.7 Å². The highest BCUT2D eigenvalue weighted by Gasteiger charge is 2.62. The van der Waals surface area contributed by atoms with Crippen molar-refractivity contribution in [3.05, 3.63) is 12.2 Å². The van der Waals surface area contributed by atoms with Crippen molar-refractivity contribution < 1.29 is 52.7 Å². The SMILES string of the molecule is CC(CCC(S(=O)(=O)C(F)(F)F)S(=O)(=O)C(F)(F)F)OC(=O)CCC1CC2C=CC1C2. The minimum Gasteiger partial charge on any atom is -0.463 e. The van der Waals surface area contributed by atoms with E-state index in [9.17, 15) is 48.0 Å². The molecule has 0 heterocycles. The maximum absolute atomic E-state index is 12.7. The Morgan fingerprint density at radius 3 is 1.94 bits per heavy atom. The third kappa shape index (κ3) is 5.74. The van der Waals surface area contributed by atoms with Gasteiger partial charge in [0.1, 0.15) is 0 Å². The van der Waals surface area contributed by atoms with E-state index in [2.05, 4.69) is 12.2 Å². The first kappa shape index (κ1) is 25.9. The highest BCUT2D eigenvalue weighted by molar-refractivity contribution is 8.09. The Morgan fingerprint density at radius 1 is 0.968 bits per heavy atom. The van der Waals surface area contributed by atoms with E-state index in [1.165, 1.54) is 0 Å². The van der Waals surface area contributed by atoms with E-state index < -0.39 is 60.2 Å². The summed E-state index contributed by atoms with van der Waals surface area (Å²) in [5.41, 5.74) is -12.4. The van der Waals surface area contributed by atoms with Crippen LogP contribution in [0, 0.1) is 17.8 Å². The normalized spacial score (nSPS) is 25.2. The van der Waals surface area contributed by atoms with E-state index in [0.29, 0.717) is 18.3 Å². The van der Waals surface area contributed by atoms with Crippen LogP contribution in [0.4, 0.5) is 26.3 Å². The molecule has 2 aliphatic rings. The van der Waals surface area contributed by atoms with Crippen LogP contribution in [0.1, 0.15) is 45.4 Å². The van der Waals surface area contributed by atoms with Gasteiger partial charge < -0.3 is 4.74 Å². The third-order valence-corrected chi connectivity index (χ3v) is 10.3. The van der Waals surface area contributed by atoms with E-state index in [4.69, 9.17) is 4.74 Å². The summed E-state index contributed by atoms with van der Waals surface area (Å²) in [5.74, 6) is 0.397. The van der Waals surface area contributed by atoms with Gasteiger partial charge in [-0.1, -0.05) is 12.2 Å². The van der Waals surface area contributed by atoms with Crippen molar-refractivity contribution in [2.75, 3.05) is 0 Å². The van der Waals surface area contributed by atoms with Gasteiger partial charge in [-0.25, -0.2) is 16.8 Å². The second-order valence-corrected chi connectivity index (χ2v) is 12.4. The molecule has 6 nitrogen and oxygen atoms in total. The molecule has 180 valence electrons. The number of hydrogen-bond acceptors (Lipinski definition) is 6. The Balaban J connectivity index is 1.97. The van der Waals surface area contributed by atoms with Crippen molar-refractivity contribution in [2.45, 2.75) is 67.2 Å². The Hall–Kier alpha value is -1.31. The molecule has 31 heavy (non-hydrogen) atoms. The molecule has 2 rings (SSSR count). The van der Waals surface area contributed by atoms with Crippen molar-refractivity contribution in [2.24, 2.45) is 17.8 Å². The summed E-state index contributed by atoms with van der Waals surface area (Å²) in [4.78, 5) is 11.9. The summed E-state index contributed by atoms with van der Waals surface area (Å²) in [6, 6.07) is 0. The van der Waals surface area contributed by atoms with Gasteiger partial charge in [0, 0.05) is 6.42 Å². The van der Waals surface area contributed by atoms with Gasteiger partial charge in [0.05, 0.1) is 6.10 Å². The van der Waals surface area contributed by atoms with E-state index in [-0.39, 0.29) is 12.3 Å². The van der Waals surface area contributed by atoms with Crippen LogP contribution in [0.2, 0.25) is 0 Å². The predicted octanol–water partition coefficient (Wildman–Crippen LogP) is 3.89. The number of fused-ring (bicyclic) bond motifs is 2. The van der Waals surface area contributed by atoms with Gasteiger partial charge in [0.15, 0.2) is 4.58 Å². The van der Waals surface area contributed by atoms with Gasteiger partial charge in [-0.05, 0) is 56.8 Å². The van der Waals surface area contributed by atoms with E-state index >= 15 is 0 Å². The molecular formula is C17H22F6O6S2. The Bertz CT molecular complexity index is 862. The molecule has 0 spiro atoms. The van der Waals surface area contributed by atoms with Gasteiger partial charge in [-0.3, -0.25) is 4.79 Å². The Labute approximate surface area is 175 Å². The molecule has 0 aliphatic heterocycles. The highest BCUT2D eigenvalue weighted by atomic mass is 32.3. The summed E-state index contributed by atoms with van der Waals surface area (Å²) in [6.07, 6.45) is 2.99. The molecule has 0 aromatic heterocycles. The Morgan fingerprint density at radius 2 is 1.52 bits per heavy atom. The number of alkyl halides is 6. The highest BCUT2D eigenvalue weighted by Crippen LogP contribution is 2.45. The van der Waals surface area contributed by atoms with E-state index in [0.717, 1.165) is 19.8 Å². The maximum atomic E-state index is 12.7. The third-order valence-electron chi connectivity index (χ3n) is 5.61. The molecule has 0 amide bonds. The van der Waals surface area contributed by atoms with Crippen LogP contribution in [-0.2, 0) is 29.2 Å². The minimum absolute atomic E-state index is 0.0167. The smallest absolute Gasteiger partial charge is 0.463 e. The molecule has 1 fully saturated rings. The van der Waals surface area contributed by atoms with Crippen LogP contribution in [0.3, 0.4) is 0 Å². The van der Waals surface area contributed by atoms with Gasteiger partial charge in [-0.2, -0.15) is 26.3 Å². The maximum Gasteiger partial charge on any atom is 0.498 e. The predicted molar refractivity (Wildman–Crippen MR) is 96.6 cm³/mol. The molecule has 2 bridgehead atoms. The van der Waals surface area contributed by atoms with Crippen molar-refractivity contribution in [1.29, 1.82) is 0 Å². The average Bonchev–Trinajstić information content (AvgIpc) is 3.20. The topological polar surface area (TPSA) is 94.6 Å². The summed E-state index contributed by atoms with van der Waals surface area (Å²) in [6.45, 7) is 1.13. The summed E-state index contributed by atoms with van der Waals surface area (Å²) >= 11 is 0. The number of ether oxygens (including phenoxy) is 1. The number of carbonyl (C=O) groups excluding carboxylic acids is 1. The number of rotatable bonds is 9. The van der Waals surface area contributed by atoms with E-state index in [1.807, 2.05) is 0 Å². The molecule has 4 unspecified atom stereocenters. The molecule has 0 N–H and O–H groups in total. The van der Waals surface area contributed by atoms with Crippen LogP contribution in [0.15, 0.2) is 12.2 Å². The molecule has 2 aliphatic carbocycles. The number of allylic oxidation sites excluding steroid dienone is 2. The second-order valence-electron chi connectivity index (χ2n) is 7.87. The number of carbonyl (C=O) groups is 1. The first-order valence-corrected chi connectivity index (χ1v) is 12.5. The first-order valence-electron chi connectivity index (χ1n) is 9.45. The molecular weight excluding hydrogens is 478 g/mol. The zero-order chi connectivity index (χ0) is 23.8. The molecule has 14 heteroatoms. The van der Waals surface area contributed by atoms with Crippen LogP contribution < -0.4 is 0 Å². The fourth-order valence-corrected chi connectivity index (χ4v) is 7.50. The van der Waals surface area contributed by atoms with Crippen LogP contribution >= 0.6 is 0 Å². The molecule has 1 saturated carbocycles. The fourth-order valence-electron chi connectivity index (χ4n) is 4.02. The second kappa shape index (κ2) is 8.91. The lowest BCUT2D eigenvalue weighted by Crippen LogP contribution is -2.45.